The van der Waals surface area contributed by atoms with Gasteiger partial charge in [-0.2, -0.15) is 0 Å². The van der Waals surface area contributed by atoms with Crippen molar-refractivity contribution >= 4 is 0 Å². The van der Waals surface area contributed by atoms with Gasteiger partial charge in [-0.3, -0.25) is 0 Å². The first-order valence-corrected chi connectivity index (χ1v) is 10.4. The molecule has 0 amide bonds. The smallest absolute Gasteiger partial charge is 0.200 e. The Hall–Kier alpha value is -1.02. The lowest BCUT2D eigenvalue weighted by molar-refractivity contribution is -0.100. The minimum Gasteiger partial charge on any atom is -0.465 e. The van der Waals surface area contributed by atoms with Crippen molar-refractivity contribution in [3.8, 4) is 5.75 Å². The molecule has 0 aromatic heterocycles. The Labute approximate surface area is 154 Å². The van der Waals surface area contributed by atoms with Crippen LogP contribution in [-0.2, 0) is 4.74 Å². The van der Waals surface area contributed by atoms with Gasteiger partial charge in [-0.05, 0) is 86.3 Å². The van der Waals surface area contributed by atoms with Gasteiger partial charge < -0.3 is 9.47 Å². The summed E-state index contributed by atoms with van der Waals surface area (Å²) in [5.41, 5.74) is 1.90. The SMILES string of the molecule is CCOC(CC12CCC(CC1)C2)Oc1ccc(C(C)CC(C)C)cc1. The molecule has 2 heteroatoms. The minimum atomic E-state index is -0.0965. The van der Waals surface area contributed by atoms with Crippen molar-refractivity contribution < 1.29 is 9.47 Å². The average Bonchev–Trinajstić information content (AvgIpc) is 3.15. The van der Waals surface area contributed by atoms with Crippen LogP contribution in [0.2, 0.25) is 0 Å². The van der Waals surface area contributed by atoms with Crippen molar-refractivity contribution in [3.05, 3.63) is 29.8 Å². The molecule has 1 aromatic rings. The fraction of sp³-hybridized carbons (Fsp3) is 0.739. The number of hydrogen-bond acceptors (Lipinski definition) is 2. The number of rotatable bonds is 9. The van der Waals surface area contributed by atoms with Crippen LogP contribution in [-0.4, -0.2) is 12.9 Å². The minimum absolute atomic E-state index is 0.0965. The molecule has 2 bridgehead atoms. The molecule has 140 valence electrons. The van der Waals surface area contributed by atoms with E-state index in [4.69, 9.17) is 9.47 Å². The van der Waals surface area contributed by atoms with E-state index in [-0.39, 0.29) is 6.29 Å². The van der Waals surface area contributed by atoms with E-state index < -0.39 is 0 Å². The average molecular weight is 345 g/mol. The van der Waals surface area contributed by atoms with E-state index in [0.29, 0.717) is 17.9 Å². The third-order valence-electron chi connectivity index (χ3n) is 6.38. The first-order valence-electron chi connectivity index (χ1n) is 10.4. The molecule has 2 unspecified atom stereocenters. The van der Waals surface area contributed by atoms with Gasteiger partial charge >= 0.3 is 0 Å². The molecule has 2 saturated carbocycles. The molecule has 0 radical (unpaired) electrons. The third kappa shape index (κ3) is 4.78. The highest BCUT2D eigenvalue weighted by Crippen LogP contribution is 2.56. The molecule has 25 heavy (non-hydrogen) atoms. The molecule has 0 N–H and O–H groups in total. The Morgan fingerprint density at radius 1 is 1.08 bits per heavy atom. The van der Waals surface area contributed by atoms with Crippen molar-refractivity contribution in [2.45, 2.75) is 84.8 Å². The lowest BCUT2D eigenvalue weighted by Gasteiger charge is -2.31. The van der Waals surface area contributed by atoms with Crippen molar-refractivity contribution in [2.24, 2.45) is 17.3 Å². The zero-order valence-corrected chi connectivity index (χ0v) is 16.6. The molecule has 2 nitrogen and oxygen atoms in total. The molecule has 3 rings (SSSR count). The number of fused-ring (bicyclic) bond motifs is 2. The Morgan fingerprint density at radius 3 is 2.28 bits per heavy atom. The molecule has 2 aliphatic rings. The Balaban J connectivity index is 1.60. The summed E-state index contributed by atoms with van der Waals surface area (Å²) in [7, 11) is 0. The van der Waals surface area contributed by atoms with Gasteiger partial charge in [0, 0.05) is 13.0 Å². The van der Waals surface area contributed by atoms with Crippen molar-refractivity contribution in [2.75, 3.05) is 6.61 Å². The summed E-state index contributed by atoms with van der Waals surface area (Å²) in [5, 5.41) is 0. The number of hydrogen-bond donors (Lipinski definition) is 0. The molecular formula is C23H36O2. The van der Waals surface area contributed by atoms with Crippen LogP contribution < -0.4 is 4.74 Å². The summed E-state index contributed by atoms with van der Waals surface area (Å²) in [6, 6.07) is 8.71. The van der Waals surface area contributed by atoms with E-state index in [2.05, 4.69) is 52.0 Å². The van der Waals surface area contributed by atoms with E-state index in [1.165, 1.54) is 44.1 Å². The fourth-order valence-electron chi connectivity index (χ4n) is 5.14. The first-order chi connectivity index (χ1) is 12.0. The quantitative estimate of drug-likeness (QED) is 0.473. The van der Waals surface area contributed by atoms with Crippen LogP contribution in [0.4, 0.5) is 0 Å². The van der Waals surface area contributed by atoms with E-state index in [1.807, 2.05) is 0 Å². The van der Waals surface area contributed by atoms with Crippen LogP contribution >= 0.6 is 0 Å². The van der Waals surface area contributed by atoms with E-state index in [9.17, 15) is 0 Å². The van der Waals surface area contributed by atoms with Crippen LogP contribution in [0.15, 0.2) is 24.3 Å². The second-order valence-corrected chi connectivity index (χ2v) is 8.95. The lowest BCUT2D eigenvalue weighted by atomic mass is 9.81. The normalized spacial score (nSPS) is 27.6. The van der Waals surface area contributed by atoms with Gasteiger partial charge in [0.2, 0.25) is 0 Å². The largest absolute Gasteiger partial charge is 0.465 e. The number of ether oxygens (including phenoxy) is 2. The van der Waals surface area contributed by atoms with Crippen molar-refractivity contribution in [1.82, 2.24) is 0 Å². The van der Waals surface area contributed by atoms with Gasteiger partial charge in [-0.25, -0.2) is 0 Å². The monoisotopic (exact) mass is 344 g/mol. The summed E-state index contributed by atoms with van der Waals surface area (Å²) in [6.45, 7) is 9.67. The molecule has 0 spiro atoms. The zero-order valence-electron chi connectivity index (χ0n) is 16.6. The highest BCUT2D eigenvalue weighted by atomic mass is 16.7. The van der Waals surface area contributed by atoms with Crippen molar-refractivity contribution in [1.29, 1.82) is 0 Å². The molecule has 2 atom stereocenters. The predicted octanol–water partition coefficient (Wildman–Crippen LogP) is 6.55. The Kier molecular flexibility index (Phi) is 6.09. The fourth-order valence-corrected chi connectivity index (χ4v) is 5.14. The molecule has 2 fully saturated rings. The maximum Gasteiger partial charge on any atom is 0.200 e. The van der Waals surface area contributed by atoms with Gasteiger partial charge in [-0.1, -0.05) is 32.9 Å². The van der Waals surface area contributed by atoms with E-state index >= 15 is 0 Å². The number of benzene rings is 1. The summed E-state index contributed by atoms with van der Waals surface area (Å²) < 4.78 is 12.2. The first kappa shape index (κ1) is 18.8. The third-order valence-corrected chi connectivity index (χ3v) is 6.38. The van der Waals surface area contributed by atoms with Crippen LogP contribution in [0.5, 0.6) is 5.75 Å². The maximum atomic E-state index is 6.26. The van der Waals surface area contributed by atoms with Gasteiger partial charge in [0.05, 0.1) is 0 Å². The second-order valence-electron chi connectivity index (χ2n) is 8.95. The lowest BCUT2D eigenvalue weighted by Crippen LogP contribution is -2.29. The predicted molar refractivity (Wildman–Crippen MR) is 104 cm³/mol. The van der Waals surface area contributed by atoms with Gasteiger partial charge in [-0.15, -0.1) is 0 Å². The Morgan fingerprint density at radius 2 is 1.76 bits per heavy atom. The van der Waals surface area contributed by atoms with Gasteiger partial charge in [0.1, 0.15) is 5.75 Å². The highest BCUT2D eigenvalue weighted by Gasteiger charge is 2.46. The van der Waals surface area contributed by atoms with Crippen LogP contribution in [0.3, 0.4) is 0 Å². The Bertz CT molecular complexity index is 526. The molecule has 0 saturated heterocycles. The summed E-state index contributed by atoms with van der Waals surface area (Å²) >= 11 is 0. The zero-order chi connectivity index (χ0) is 17.9. The van der Waals surface area contributed by atoms with Gasteiger partial charge in [0.15, 0.2) is 6.29 Å². The standard InChI is InChI=1S/C23H36O2/c1-5-24-22(16-23-12-10-19(15-23)11-13-23)25-21-8-6-20(7-9-21)18(4)14-17(2)3/h6-9,17-19,22H,5,10-16H2,1-4H3. The molecule has 1 aromatic carbocycles. The van der Waals surface area contributed by atoms with Crippen LogP contribution in [0, 0.1) is 17.3 Å². The second kappa shape index (κ2) is 8.12. The molecule has 0 aliphatic heterocycles. The maximum absolute atomic E-state index is 6.26. The summed E-state index contributed by atoms with van der Waals surface area (Å²) in [5.74, 6) is 3.26. The highest BCUT2D eigenvalue weighted by molar-refractivity contribution is 5.29. The van der Waals surface area contributed by atoms with Gasteiger partial charge in [0.25, 0.3) is 0 Å². The van der Waals surface area contributed by atoms with Crippen LogP contribution in [0.1, 0.15) is 84.1 Å². The van der Waals surface area contributed by atoms with E-state index in [1.54, 1.807) is 0 Å². The molecule has 2 aliphatic carbocycles. The summed E-state index contributed by atoms with van der Waals surface area (Å²) in [4.78, 5) is 0. The molecular weight excluding hydrogens is 308 g/mol. The molecule has 0 heterocycles. The topological polar surface area (TPSA) is 18.5 Å². The summed E-state index contributed by atoms with van der Waals surface area (Å²) in [6.07, 6.45) is 9.16. The van der Waals surface area contributed by atoms with Crippen molar-refractivity contribution in [3.63, 3.8) is 0 Å². The van der Waals surface area contributed by atoms with Crippen LogP contribution in [0.25, 0.3) is 0 Å². The van der Waals surface area contributed by atoms with E-state index in [0.717, 1.165) is 24.0 Å².